The van der Waals surface area contributed by atoms with Crippen molar-refractivity contribution in [2.45, 2.75) is 45.1 Å². The van der Waals surface area contributed by atoms with E-state index in [1.54, 1.807) is 11.0 Å². The molecular weight excluding hydrogens is 326 g/mol. The Morgan fingerprint density at radius 1 is 1.12 bits per heavy atom. The Bertz CT molecular complexity index is 701. The van der Waals surface area contributed by atoms with Crippen LogP contribution in [0.2, 0.25) is 0 Å². The van der Waals surface area contributed by atoms with Crippen LogP contribution in [-0.2, 0) is 10.0 Å². The summed E-state index contributed by atoms with van der Waals surface area (Å²) in [7, 11) is -3.54. The molecule has 1 aliphatic heterocycles. The van der Waals surface area contributed by atoms with Gasteiger partial charge in [-0.25, -0.2) is 13.2 Å². The molecule has 1 heterocycles. The van der Waals surface area contributed by atoms with Gasteiger partial charge in [0.05, 0.1) is 4.90 Å². The Labute approximate surface area is 144 Å². The second kappa shape index (κ2) is 7.53. The predicted molar refractivity (Wildman–Crippen MR) is 94.5 cm³/mol. The lowest BCUT2D eigenvalue weighted by molar-refractivity contribution is 0.198. The minimum Gasteiger partial charge on any atom is -0.336 e. The molecule has 1 saturated heterocycles. The average molecular weight is 353 g/mol. The van der Waals surface area contributed by atoms with Gasteiger partial charge in [0.25, 0.3) is 0 Å². The van der Waals surface area contributed by atoms with Crippen LogP contribution in [0.25, 0.3) is 0 Å². The molecule has 0 radical (unpaired) electrons. The topological polar surface area (TPSA) is 69.7 Å². The smallest absolute Gasteiger partial charge is 0.317 e. The molecule has 1 aromatic rings. The summed E-state index contributed by atoms with van der Waals surface area (Å²) >= 11 is 0. The normalized spacial score (nSPS) is 17.0. The molecule has 1 N–H and O–H groups in total. The number of nitrogens with one attached hydrogen (secondary N) is 1. The van der Waals surface area contributed by atoms with Gasteiger partial charge in [-0.2, -0.15) is 4.31 Å². The Hall–Kier alpha value is -1.60. The van der Waals surface area contributed by atoms with Crippen LogP contribution in [0.4, 0.5) is 4.79 Å². The lowest BCUT2D eigenvalue weighted by Crippen LogP contribution is -2.44. The number of urea groups is 1. The number of amides is 2. The predicted octanol–water partition coefficient (Wildman–Crippen LogP) is 2.12. The zero-order valence-corrected chi connectivity index (χ0v) is 15.7. The van der Waals surface area contributed by atoms with Gasteiger partial charge in [-0.3, -0.25) is 0 Å². The highest BCUT2D eigenvalue weighted by Gasteiger charge is 2.29. The average Bonchev–Trinajstić information content (AvgIpc) is 2.75. The van der Waals surface area contributed by atoms with Crippen LogP contribution in [0.15, 0.2) is 23.1 Å². The van der Waals surface area contributed by atoms with Crippen LogP contribution in [0.5, 0.6) is 0 Å². The first-order chi connectivity index (χ1) is 11.2. The molecule has 24 heavy (non-hydrogen) atoms. The summed E-state index contributed by atoms with van der Waals surface area (Å²) in [6.07, 6.45) is 0.635. The van der Waals surface area contributed by atoms with E-state index >= 15 is 0 Å². The van der Waals surface area contributed by atoms with Crippen molar-refractivity contribution in [1.29, 1.82) is 0 Å². The van der Waals surface area contributed by atoms with Crippen LogP contribution in [0.1, 0.15) is 31.4 Å². The molecule has 1 fully saturated rings. The van der Waals surface area contributed by atoms with Gasteiger partial charge in [0.2, 0.25) is 10.0 Å². The molecule has 0 aliphatic carbocycles. The van der Waals surface area contributed by atoms with Gasteiger partial charge in [0.1, 0.15) is 0 Å². The SMILES string of the molecule is Cc1ccc(C)c(S(=O)(=O)N2CCCN(C(=O)NC(C)C)CC2)c1. The van der Waals surface area contributed by atoms with E-state index in [0.29, 0.717) is 37.5 Å². The number of aryl methyl sites for hydroxylation is 2. The summed E-state index contributed by atoms with van der Waals surface area (Å²) in [5.74, 6) is 0. The number of benzene rings is 1. The molecule has 0 saturated carbocycles. The Morgan fingerprint density at radius 2 is 1.83 bits per heavy atom. The number of carbonyl (C=O) groups excluding carboxylic acids is 1. The number of nitrogens with zero attached hydrogens (tertiary/aromatic N) is 2. The van der Waals surface area contributed by atoms with E-state index in [-0.39, 0.29) is 12.1 Å². The van der Waals surface area contributed by atoms with Crippen LogP contribution in [-0.4, -0.2) is 55.9 Å². The number of hydrogen-bond acceptors (Lipinski definition) is 3. The Balaban J connectivity index is 2.15. The third kappa shape index (κ3) is 4.27. The van der Waals surface area contributed by atoms with Crippen molar-refractivity contribution < 1.29 is 13.2 Å². The second-order valence-corrected chi connectivity index (χ2v) is 8.52. The number of sulfonamides is 1. The molecule has 0 unspecified atom stereocenters. The third-order valence-electron chi connectivity index (χ3n) is 4.12. The van der Waals surface area contributed by atoms with Gasteiger partial charge in [-0.1, -0.05) is 12.1 Å². The van der Waals surface area contributed by atoms with Gasteiger partial charge in [-0.05, 0) is 51.3 Å². The lowest BCUT2D eigenvalue weighted by atomic mass is 10.2. The first kappa shape index (κ1) is 18.7. The molecular formula is C17H27N3O3S. The highest BCUT2D eigenvalue weighted by molar-refractivity contribution is 7.89. The number of rotatable bonds is 3. The maximum absolute atomic E-state index is 13.0. The van der Waals surface area contributed by atoms with Crippen molar-refractivity contribution in [3.05, 3.63) is 29.3 Å². The van der Waals surface area contributed by atoms with E-state index in [0.717, 1.165) is 11.1 Å². The molecule has 1 aliphatic rings. The maximum atomic E-state index is 13.0. The fraction of sp³-hybridized carbons (Fsp3) is 0.588. The standard InChI is InChI=1S/C17H27N3O3S/c1-13(2)18-17(21)19-8-5-9-20(11-10-19)24(22,23)16-12-14(3)6-7-15(16)4/h6-7,12-13H,5,8-11H2,1-4H3,(H,18,21). The molecule has 7 heteroatoms. The van der Waals surface area contributed by atoms with Gasteiger partial charge in [-0.15, -0.1) is 0 Å². The quantitative estimate of drug-likeness (QED) is 0.905. The van der Waals surface area contributed by atoms with E-state index < -0.39 is 10.0 Å². The zero-order chi connectivity index (χ0) is 17.9. The van der Waals surface area contributed by atoms with Crippen molar-refractivity contribution in [3.8, 4) is 0 Å². The Morgan fingerprint density at radius 3 is 2.50 bits per heavy atom. The number of hydrogen-bond donors (Lipinski definition) is 1. The van der Waals surface area contributed by atoms with E-state index in [2.05, 4.69) is 5.32 Å². The Kier molecular flexibility index (Phi) is 5.87. The summed E-state index contributed by atoms with van der Waals surface area (Å²) in [5, 5.41) is 2.86. The van der Waals surface area contributed by atoms with Gasteiger partial charge < -0.3 is 10.2 Å². The molecule has 0 bridgehead atoms. The highest BCUT2D eigenvalue weighted by atomic mass is 32.2. The number of carbonyl (C=O) groups is 1. The first-order valence-corrected chi connectivity index (χ1v) is 9.78. The third-order valence-corrected chi connectivity index (χ3v) is 6.16. The van der Waals surface area contributed by atoms with Gasteiger partial charge >= 0.3 is 6.03 Å². The summed E-state index contributed by atoms with van der Waals surface area (Å²) < 4.78 is 27.4. The summed E-state index contributed by atoms with van der Waals surface area (Å²) in [5.41, 5.74) is 1.67. The fourth-order valence-electron chi connectivity index (χ4n) is 2.80. The van der Waals surface area contributed by atoms with Crippen LogP contribution in [0, 0.1) is 13.8 Å². The second-order valence-electron chi connectivity index (χ2n) is 6.62. The largest absolute Gasteiger partial charge is 0.336 e. The molecule has 134 valence electrons. The minimum absolute atomic E-state index is 0.0653. The van der Waals surface area contributed by atoms with E-state index in [1.165, 1.54) is 4.31 Å². The first-order valence-electron chi connectivity index (χ1n) is 8.34. The van der Waals surface area contributed by atoms with Gasteiger partial charge in [0, 0.05) is 32.2 Å². The van der Waals surface area contributed by atoms with Crippen LogP contribution in [0.3, 0.4) is 0 Å². The minimum atomic E-state index is -3.54. The van der Waals surface area contributed by atoms with Crippen LogP contribution < -0.4 is 5.32 Å². The molecule has 6 nitrogen and oxygen atoms in total. The lowest BCUT2D eigenvalue weighted by Gasteiger charge is -2.23. The summed E-state index contributed by atoms with van der Waals surface area (Å²) in [6, 6.07) is 5.40. The van der Waals surface area contributed by atoms with Crippen molar-refractivity contribution in [1.82, 2.24) is 14.5 Å². The maximum Gasteiger partial charge on any atom is 0.317 e. The summed E-state index contributed by atoms with van der Waals surface area (Å²) in [4.78, 5) is 14.2. The van der Waals surface area contributed by atoms with Crippen LogP contribution >= 0.6 is 0 Å². The molecule has 2 rings (SSSR count). The summed E-state index contributed by atoms with van der Waals surface area (Å²) in [6.45, 7) is 9.24. The van der Waals surface area contributed by atoms with E-state index in [1.807, 2.05) is 39.8 Å². The van der Waals surface area contributed by atoms with E-state index in [9.17, 15) is 13.2 Å². The van der Waals surface area contributed by atoms with E-state index in [4.69, 9.17) is 0 Å². The molecule has 2 amide bonds. The van der Waals surface area contributed by atoms with Gasteiger partial charge in [0.15, 0.2) is 0 Å². The van der Waals surface area contributed by atoms with Crippen molar-refractivity contribution >= 4 is 16.1 Å². The molecule has 0 spiro atoms. The molecule has 1 aromatic carbocycles. The van der Waals surface area contributed by atoms with Crippen molar-refractivity contribution in [2.24, 2.45) is 0 Å². The fourth-order valence-corrected chi connectivity index (χ4v) is 4.58. The molecule has 0 atom stereocenters. The monoisotopic (exact) mass is 353 g/mol. The van der Waals surface area contributed by atoms with Crippen molar-refractivity contribution in [3.63, 3.8) is 0 Å². The highest BCUT2D eigenvalue weighted by Crippen LogP contribution is 2.22. The van der Waals surface area contributed by atoms with Crippen molar-refractivity contribution in [2.75, 3.05) is 26.2 Å². The zero-order valence-electron chi connectivity index (χ0n) is 14.9. The molecule has 0 aromatic heterocycles.